The normalized spacial score (nSPS) is 10.8. The van der Waals surface area contributed by atoms with E-state index in [0.717, 1.165) is 11.4 Å². The average Bonchev–Trinajstić information content (AvgIpc) is 3.55. The van der Waals surface area contributed by atoms with E-state index in [1.54, 1.807) is 29.3 Å². The Balaban J connectivity index is 1.51. The third-order valence-corrected chi connectivity index (χ3v) is 5.06. The lowest BCUT2D eigenvalue weighted by Crippen LogP contribution is -2.17. The third-order valence-electron chi connectivity index (χ3n) is 4.75. The summed E-state index contributed by atoms with van der Waals surface area (Å²) >= 11 is 5.29. The lowest BCUT2D eigenvalue weighted by atomic mass is 10.2. The number of furan rings is 1. The number of aromatic amines is 1. The van der Waals surface area contributed by atoms with Gasteiger partial charge in [0.2, 0.25) is 0 Å². The average molecular weight is 427 g/mol. The zero-order valence-electron chi connectivity index (χ0n) is 16.2. The van der Waals surface area contributed by atoms with Crippen molar-refractivity contribution in [2.24, 2.45) is 0 Å². The maximum Gasteiger partial charge on any atom is 0.274 e. The Morgan fingerprint density at radius 3 is 2.58 bits per heavy atom. The fourth-order valence-corrected chi connectivity index (χ4v) is 3.54. The van der Waals surface area contributed by atoms with E-state index in [9.17, 15) is 4.79 Å². The minimum absolute atomic E-state index is 0.288. The molecule has 0 atom stereocenters. The standard InChI is InChI=1S/C23H17N5O2S/c29-22(25-16-6-4-9-18(14-16)27-12-11-24-23(27)31)20-15-19(21-10-5-13-30-21)26-28(20)17-7-2-1-3-8-17/h1-15H,(H,24,31)(H,25,29). The van der Waals surface area contributed by atoms with Crippen LogP contribution in [0.1, 0.15) is 10.5 Å². The highest BCUT2D eigenvalue weighted by Gasteiger charge is 2.19. The highest BCUT2D eigenvalue weighted by atomic mass is 32.1. The van der Waals surface area contributed by atoms with Crippen LogP contribution in [0, 0.1) is 4.77 Å². The molecular formula is C23H17N5O2S. The van der Waals surface area contributed by atoms with Crippen LogP contribution in [0.2, 0.25) is 0 Å². The van der Waals surface area contributed by atoms with Crippen LogP contribution < -0.4 is 5.32 Å². The number of aromatic nitrogens is 4. The van der Waals surface area contributed by atoms with E-state index in [1.165, 1.54) is 0 Å². The number of anilines is 1. The van der Waals surface area contributed by atoms with Gasteiger partial charge in [0.1, 0.15) is 11.4 Å². The number of nitrogens with zero attached hydrogens (tertiary/aromatic N) is 3. The van der Waals surface area contributed by atoms with E-state index >= 15 is 0 Å². The Morgan fingerprint density at radius 1 is 1.00 bits per heavy atom. The van der Waals surface area contributed by atoms with Gasteiger partial charge in [-0.05, 0) is 54.7 Å². The molecule has 5 aromatic rings. The predicted molar refractivity (Wildman–Crippen MR) is 120 cm³/mol. The Hall–Kier alpha value is -4.17. The van der Waals surface area contributed by atoms with Crippen LogP contribution in [0.25, 0.3) is 22.8 Å². The fourth-order valence-electron chi connectivity index (χ4n) is 3.31. The smallest absolute Gasteiger partial charge is 0.274 e. The summed E-state index contributed by atoms with van der Waals surface area (Å²) in [4.78, 5) is 16.2. The first-order valence-electron chi connectivity index (χ1n) is 9.56. The first-order valence-corrected chi connectivity index (χ1v) is 9.97. The quantitative estimate of drug-likeness (QED) is 0.376. The molecule has 8 heteroatoms. The molecule has 2 aromatic carbocycles. The summed E-state index contributed by atoms with van der Waals surface area (Å²) in [5, 5.41) is 7.56. The number of nitrogens with one attached hydrogen (secondary N) is 2. The molecular weight excluding hydrogens is 410 g/mol. The van der Waals surface area contributed by atoms with Gasteiger partial charge in [0.15, 0.2) is 10.5 Å². The molecule has 152 valence electrons. The minimum Gasteiger partial charge on any atom is -0.463 e. The molecule has 2 N–H and O–H groups in total. The van der Waals surface area contributed by atoms with Crippen LogP contribution in [0.15, 0.2) is 95.9 Å². The molecule has 5 rings (SSSR count). The van der Waals surface area contributed by atoms with Crippen molar-refractivity contribution in [1.82, 2.24) is 19.3 Å². The summed E-state index contributed by atoms with van der Waals surface area (Å²) in [6.45, 7) is 0. The maximum atomic E-state index is 13.2. The summed E-state index contributed by atoms with van der Waals surface area (Å²) < 4.78 is 9.48. The number of H-pyrrole nitrogens is 1. The molecule has 0 saturated heterocycles. The maximum absolute atomic E-state index is 13.2. The lowest BCUT2D eigenvalue weighted by molar-refractivity contribution is 0.101. The van der Waals surface area contributed by atoms with E-state index < -0.39 is 0 Å². The van der Waals surface area contributed by atoms with Crippen LogP contribution in [-0.4, -0.2) is 25.2 Å². The second-order valence-corrected chi connectivity index (χ2v) is 7.17. The van der Waals surface area contributed by atoms with Crippen molar-refractivity contribution in [1.29, 1.82) is 0 Å². The second-order valence-electron chi connectivity index (χ2n) is 6.78. The second kappa shape index (κ2) is 7.92. The molecule has 0 bridgehead atoms. The van der Waals surface area contributed by atoms with Gasteiger partial charge in [-0.25, -0.2) is 4.68 Å². The van der Waals surface area contributed by atoms with Crippen molar-refractivity contribution >= 4 is 23.8 Å². The van der Waals surface area contributed by atoms with Crippen molar-refractivity contribution in [2.45, 2.75) is 0 Å². The summed E-state index contributed by atoms with van der Waals surface area (Å²) in [6.07, 6.45) is 5.18. The Bertz CT molecular complexity index is 1400. The molecule has 0 radical (unpaired) electrons. The summed E-state index contributed by atoms with van der Waals surface area (Å²) in [5.74, 6) is 0.302. The molecule has 0 spiro atoms. The number of carbonyl (C=O) groups excluding carboxylic acids is 1. The van der Waals surface area contributed by atoms with E-state index in [4.69, 9.17) is 16.6 Å². The molecule has 31 heavy (non-hydrogen) atoms. The van der Waals surface area contributed by atoms with Gasteiger partial charge in [0, 0.05) is 29.8 Å². The molecule has 0 unspecified atom stereocenters. The van der Waals surface area contributed by atoms with Gasteiger partial charge >= 0.3 is 0 Å². The number of benzene rings is 2. The first kappa shape index (κ1) is 18.8. The monoisotopic (exact) mass is 427 g/mol. The zero-order valence-corrected chi connectivity index (χ0v) is 17.0. The number of rotatable bonds is 5. The fraction of sp³-hybridized carbons (Fsp3) is 0. The minimum atomic E-state index is -0.288. The number of para-hydroxylation sites is 1. The zero-order chi connectivity index (χ0) is 21.2. The molecule has 0 aliphatic heterocycles. The number of amides is 1. The number of hydrogen-bond acceptors (Lipinski definition) is 4. The molecule has 0 aliphatic rings. The van der Waals surface area contributed by atoms with Crippen molar-refractivity contribution in [2.75, 3.05) is 5.32 Å². The Labute approximate surface area is 182 Å². The summed E-state index contributed by atoms with van der Waals surface area (Å²) in [7, 11) is 0. The van der Waals surface area contributed by atoms with E-state index in [0.29, 0.717) is 27.6 Å². The molecule has 7 nitrogen and oxygen atoms in total. The van der Waals surface area contributed by atoms with Crippen LogP contribution >= 0.6 is 12.2 Å². The summed E-state index contributed by atoms with van der Waals surface area (Å²) in [5.41, 5.74) is 3.23. The van der Waals surface area contributed by atoms with Gasteiger partial charge in [0.05, 0.1) is 12.0 Å². The molecule has 3 aromatic heterocycles. The summed E-state index contributed by atoms with van der Waals surface area (Å²) in [6, 6.07) is 22.3. The van der Waals surface area contributed by atoms with Gasteiger partial charge < -0.3 is 14.7 Å². The molecule has 1 amide bonds. The van der Waals surface area contributed by atoms with Crippen LogP contribution in [0.5, 0.6) is 0 Å². The van der Waals surface area contributed by atoms with Crippen molar-refractivity contribution in [3.63, 3.8) is 0 Å². The SMILES string of the molecule is O=C(Nc1cccc(-n2cc[nH]c2=S)c1)c1cc(-c2ccco2)nn1-c1ccccc1. The largest absolute Gasteiger partial charge is 0.463 e. The highest BCUT2D eigenvalue weighted by Crippen LogP contribution is 2.23. The number of imidazole rings is 1. The third kappa shape index (κ3) is 3.72. The molecule has 0 aliphatic carbocycles. The number of carbonyl (C=O) groups is 1. The molecule has 0 saturated carbocycles. The molecule has 0 fully saturated rings. The van der Waals surface area contributed by atoms with E-state index in [2.05, 4.69) is 15.4 Å². The van der Waals surface area contributed by atoms with Crippen molar-refractivity contribution < 1.29 is 9.21 Å². The first-order chi connectivity index (χ1) is 15.2. The topological polar surface area (TPSA) is 80.8 Å². The van der Waals surface area contributed by atoms with Gasteiger partial charge in [-0.2, -0.15) is 5.10 Å². The van der Waals surface area contributed by atoms with Crippen LogP contribution in [0.4, 0.5) is 5.69 Å². The van der Waals surface area contributed by atoms with Gasteiger partial charge in [-0.15, -0.1) is 0 Å². The van der Waals surface area contributed by atoms with E-state index in [-0.39, 0.29) is 5.91 Å². The lowest BCUT2D eigenvalue weighted by Gasteiger charge is -2.10. The highest BCUT2D eigenvalue weighted by molar-refractivity contribution is 7.71. The van der Waals surface area contributed by atoms with Crippen LogP contribution in [-0.2, 0) is 0 Å². The van der Waals surface area contributed by atoms with Gasteiger partial charge in [0.25, 0.3) is 5.91 Å². The Morgan fingerprint density at radius 2 is 1.84 bits per heavy atom. The predicted octanol–water partition coefficient (Wildman–Crippen LogP) is 5.23. The molecule has 3 heterocycles. The van der Waals surface area contributed by atoms with Gasteiger partial charge in [-0.1, -0.05) is 24.3 Å². The number of hydrogen-bond donors (Lipinski definition) is 2. The van der Waals surface area contributed by atoms with Gasteiger partial charge in [-0.3, -0.25) is 9.36 Å². The van der Waals surface area contributed by atoms with Crippen molar-refractivity contribution in [3.8, 4) is 22.8 Å². The Kier molecular flexibility index (Phi) is 4.81. The van der Waals surface area contributed by atoms with Crippen LogP contribution in [0.3, 0.4) is 0 Å². The van der Waals surface area contributed by atoms with E-state index in [1.807, 2.05) is 71.4 Å². The van der Waals surface area contributed by atoms with Crippen molar-refractivity contribution in [3.05, 3.63) is 102 Å².